The number of carbonyl (C=O) groups is 1. The first-order valence-corrected chi connectivity index (χ1v) is 8.64. The number of aromatic nitrogens is 2. The Hall–Kier alpha value is -2.41. The summed E-state index contributed by atoms with van der Waals surface area (Å²) in [6, 6.07) is 5.67. The second-order valence-corrected chi connectivity index (χ2v) is 7.20. The van der Waals surface area contributed by atoms with Crippen LogP contribution in [-0.4, -0.2) is 35.2 Å². The van der Waals surface area contributed by atoms with E-state index in [0.29, 0.717) is 11.0 Å². The largest absolute Gasteiger partial charge is 0.500 e. The van der Waals surface area contributed by atoms with Crippen molar-refractivity contribution < 1.29 is 19.0 Å². The number of rotatable bonds is 7. The first kappa shape index (κ1) is 18.9. The molecule has 0 saturated heterocycles. The summed E-state index contributed by atoms with van der Waals surface area (Å²) in [6.07, 6.45) is 5.00. The zero-order valence-corrected chi connectivity index (χ0v) is 15.8. The molecular formula is C18H22N2O4S. The molecule has 0 unspecified atom stereocenters. The molecule has 2 rings (SSSR count). The molecule has 0 spiro atoms. The number of ether oxygens (including phenoxy) is 3. The lowest BCUT2D eigenvalue weighted by Gasteiger charge is -2.12. The maximum absolute atomic E-state index is 11.8. The molecule has 1 heterocycles. The van der Waals surface area contributed by atoms with Crippen LogP contribution in [0.2, 0.25) is 0 Å². The van der Waals surface area contributed by atoms with Crippen LogP contribution in [0.15, 0.2) is 47.5 Å². The van der Waals surface area contributed by atoms with Crippen LogP contribution in [0.25, 0.3) is 5.69 Å². The first-order valence-electron chi connectivity index (χ1n) is 7.76. The van der Waals surface area contributed by atoms with E-state index in [-0.39, 0.29) is 5.76 Å². The predicted molar refractivity (Wildman–Crippen MR) is 97.0 cm³/mol. The fourth-order valence-corrected chi connectivity index (χ4v) is 2.87. The minimum atomic E-state index is -0.610. The number of thioether (sulfide) groups is 1. The number of aryl methyl sites for hydroxylation is 1. The monoisotopic (exact) mass is 362 g/mol. The Balaban J connectivity index is 2.29. The van der Waals surface area contributed by atoms with E-state index in [9.17, 15) is 4.79 Å². The highest BCUT2D eigenvalue weighted by Gasteiger charge is 2.15. The average molecular weight is 362 g/mol. The normalized spacial score (nSPS) is 11.5. The van der Waals surface area contributed by atoms with Crippen molar-refractivity contribution in [3.8, 4) is 11.4 Å². The van der Waals surface area contributed by atoms with Crippen molar-refractivity contribution in [3.63, 3.8) is 0 Å². The van der Waals surface area contributed by atoms with E-state index in [4.69, 9.17) is 14.2 Å². The van der Waals surface area contributed by atoms with E-state index in [0.717, 1.165) is 16.1 Å². The molecule has 7 heteroatoms. The summed E-state index contributed by atoms with van der Waals surface area (Å²) < 4.78 is 17.0. The molecule has 1 aromatic carbocycles. The van der Waals surface area contributed by atoms with Crippen LogP contribution < -0.4 is 4.74 Å². The van der Waals surface area contributed by atoms with E-state index in [1.807, 2.05) is 37.5 Å². The second-order valence-electron chi connectivity index (χ2n) is 5.55. The van der Waals surface area contributed by atoms with Crippen LogP contribution in [0.4, 0.5) is 0 Å². The molecule has 0 bridgehead atoms. The summed E-state index contributed by atoms with van der Waals surface area (Å²) in [4.78, 5) is 12.9. The number of hydrogen-bond donors (Lipinski definition) is 0. The van der Waals surface area contributed by atoms with E-state index >= 15 is 0 Å². The Labute approximate surface area is 151 Å². The van der Waals surface area contributed by atoms with Gasteiger partial charge in [0, 0.05) is 22.4 Å². The maximum Gasteiger partial charge on any atom is 0.377 e. The van der Waals surface area contributed by atoms with Gasteiger partial charge in [-0.25, -0.2) is 9.48 Å². The molecule has 0 atom stereocenters. The zero-order chi connectivity index (χ0) is 18.4. The van der Waals surface area contributed by atoms with Crippen LogP contribution in [0.5, 0.6) is 5.75 Å². The molecular weight excluding hydrogens is 340 g/mol. The van der Waals surface area contributed by atoms with Crippen molar-refractivity contribution in [2.75, 3.05) is 14.2 Å². The topological polar surface area (TPSA) is 62.6 Å². The molecule has 1 aromatic heterocycles. The number of carbonyl (C=O) groups excluding carboxylic acids is 1. The van der Waals surface area contributed by atoms with Gasteiger partial charge in [0.15, 0.2) is 0 Å². The van der Waals surface area contributed by atoms with Crippen LogP contribution in [0, 0.1) is 6.92 Å². The molecule has 0 radical (unpaired) electrons. The van der Waals surface area contributed by atoms with E-state index < -0.39 is 5.97 Å². The zero-order valence-electron chi connectivity index (χ0n) is 15.0. The molecule has 134 valence electrons. The van der Waals surface area contributed by atoms with Crippen LogP contribution in [-0.2, 0) is 14.3 Å². The highest BCUT2D eigenvalue weighted by atomic mass is 32.2. The molecule has 0 fully saturated rings. The third kappa shape index (κ3) is 5.03. The minimum absolute atomic E-state index is 0.0261. The van der Waals surface area contributed by atoms with Gasteiger partial charge < -0.3 is 14.2 Å². The summed E-state index contributed by atoms with van der Waals surface area (Å²) in [5, 5.41) is 4.87. The molecule has 25 heavy (non-hydrogen) atoms. The first-order chi connectivity index (χ1) is 11.9. The fraction of sp³-hybridized carbons (Fsp3) is 0.333. The van der Waals surface area contributed by atoms with Crippen LogP contribution >= 0.6 is 11.8 Å². The third-order valence-corrected chi connectivity index (χ3v) is 4.15. The smallest absolute Gasteiger partial charge is 0.377 e. The Morgan fingerprint density at radius 2 is 2.08 bits per heavy atom. The van der Waals surface area contributed by atoms with Crippen molar-refractivity contribution in [3.05, 3.63) is 48.2 Å². The standard InChI is InChI=1S/C18H22N2O4S/c1-12(2)25-15-9-19-20(10-15)14-7-6-13(3)16(8-14)24-17(11-22-4)18(21)23-5/h6-12H,1-5H3/b17-11-. The maximum atomic E-state index is 11.8. The van der Waals surface area contributed by atoms with E-state index in [1.54, 1.807) is 16.4 Å². The second kappa shape index (κ2) is 8.62. The highest BCUT2D eigenvalue weighted by molar-refractivity contribution is 7.99. The quantitative estimate of drug-likeness (QED) is 0.324. The van der Waals surface area contributed by atoms with Crippen LogP contribution in [0.1, 0.15) is 19.4 Å². The fourth-order valence-electron chi connectivity index (χ4n) is 2.06. The Morgan fingerprint density at radius 1 is 1.32 bits per heavy atom. The van der Waals surface area contributed by atoms with Crippen molar-refractivity contribution >= 4 is 17.7 Å². The molecule has 6 nitrogen and oxygen atoms in total. The van der Waals surface area contributed by atoms with Gasteiger partial charge in [0.05, 0.1) is 26.1 Å². The van der Waals surface area contributed by atoms with E-state index in [2.05, 4.69) is 18.9 Å². The molecule has 0 aliphatic carbocycles. The summed E-state index contributed by atoms with van der Waals surface area (Å²) >= 11 is 1.74. The highest BCUT2D eigenvalue weighted by Crippen LogP contribution is 2.26. The lowest BCUT2D eigenvalue weighted by Crippen LogP contribution is -2.12. The van der Waals surface area contributed by atoms with Crippen molar-refractivity contribution in [2.24, 2.45) is 0 Å². The summed E-state index contributed by atoms with van der Waals surface area (Å²) in [7, 11) is 2.73. The number of hydrogen-bond acceptors (Lipinski definition) is 6. The lowest BCUT2D eigenvalue weighted by atomic mass is 10.2. The van der Waals surface area contributed by atoms with Gasteiger partial charge in [-0.1, -0.05) is 19.9 Å². The van der Waals surface area contributed by atoms with Gasteiger partial charge in [0.2, 0.25) is 5.76 Å². The molecule has 0 amide bonds. The van der Waals surface area contributed by atoms with Crippen molar-refractivity contribution in [2.45, 2.75) is 30.9 Å². The van der Waals surface area contributed by atoms with Gasteiger partial charge in [0.1, 0.15) is 12.0 Å². The minimum Gasteiger partial charge on any atom is -0.500 e. The lowest BCUT2D eigenvalue weighted by molar-refractivity contribution is -0.138. The van der Waals surface area contributed by atoms with Gasteiger partial charge >= 0.3 is 5.97 Å². The van der Waals surface area contributed by atoms with Gasteiger partial charge in [0.25, 0.3) is 0 Å². The van der Waals surface area contributed by atoms with Crippen molar-refractivity contribution in [1.29, 1.82) is 0 Å². The summed E-state index contributed by atoms with van der Waals surface area (Å²) in [5.74, 6) is -0.108. The Morgan fingerprint density at radius 3 is 2.72 bits per heavy atom. The van der Waals surface area contributed by atoms with Gasteiger partial charge in [-0.05, 0) is 18.6 Å². The Bertz CT molecular complexity index is 768. The van der Waals surface area contributed by atoms with Gasteiger partial charge in [-0.15, -0.1) is 11.8 Å². The SMILES string of the molecule is CO/C=C(\Oc1cc(-n2cc(SC(C)C)cn2)ccc1C)C(=O)OC. The molecule has 0 saturated carbocycles. The summed E-state index contributed by atoms with van der Waals surface area (Å²) in [6.45, 7) is 6.16. The summed E-state index contributed by atoms with van der Waals surface area (Å²) in [5.41, 5.74) is 1.71. The van der Waals surface area contributed by atoms with Crippen LogP contribution in [0.3, 0.4) is 0 Å². The molecule has 2 aromatic rings. The number of esters is 1. The molecule has 0 N–H and O–H groups in total. The number of nitrogens with zero attached hydrogens (tertiary/aromatic N) is 2. The van der Waals surface area contributed by atoms with Gasteiger partial charge in [-0.3, -0.25) is 0 Å². The molecule has 0 aliphatic heterocycles. The Kier molecular flexibility index (Phi) is 6.52. The van der Waals surface area contributed by atoms with Gasteiger partial charge in [-0.2, -0.15) is 5.10 Å². The predicted octanol–water partition coefficient (Wildman–Crippen LogP) is 3.72. The average Bonchev–Trinajstić information content (AvgIpc) is 3.03. The molecule has 0 aliphatic rings. The third-order valence-electron chi connectivity index (χ3n) is 3.20. The number of methoxy groups -OCH3 is 2. The van der Waals surface area contributed by atoms with E-state index in [1.165, 1.54) is 20.5 Å². The van der Waals surface area contributed by atoms with Crippen molar-refractivity contribution in [1.82, 2.24) is 9.78 Å². The number of benzene rings is 1.